The Labute approximate surface area is 146 Å². The van der Waals surface area contributed by atoms with Crippen molar-refractivity contribution in [1.82, 2.24) is 5.32 Å². The number of aryl methyl sites for hydroxylation is 1. The van der Waals surface area contributed by atoms with Gasteiger partial charge in [0.15, 0.2) is 0 Å². The van der Waals surface area contributed by atoms with E-state index in [-0.39, 0.29) is 23.3 Å². The van der Waals surface area contributed by atoms with Gasteiger partial charge in [0.05, 0.1) is 11.1 Å². The van der Waals surface area contributed by atoms with Crippen LogP contribution in [-0.2, 0) is 0 Å². The van der Waals surface area contributed by atoms with Gasteiger partial charge in [0.25, 0.3) is 11.8 Å². The molecule has 2 aromatic rings. The number of phenolic OH excluding ortho intramolecular Hbond substituents is 1. The average molecular weight is 339 g/mol. The Morgan fingerprint density at radius 1 is 1.20 bits per heavy atom. The fraction of sp³-hybridized carbons (Fsp3) is 0.263. The molecule has 2 aromatic carbocycles. The van der Waals surface area contributed by atoms with Gasteiger partial charge in [-0.1, -0.05) is 23.8 Å². The third-order valence-corrected chi connectivity index (χ3v) is 4.43. The van der Waals surface area contributed by atoms with Gasteiger partial charge in [-0.15, -0.1) is 0 Å². The van der Waals surface area contributed by atoms with Crippen LogP contribution >= 0.6 is 0 Å². The van der Waals surface area contributed by atoms with Crippen LogP contribution in [0.15, 0.2) is 42.5 Å². The van der Waals surface area contributed by atoms with E-state index in [0.717, 1.165) is 24.2 Å². The molecule has 0 aliphatic carbocycles. The zero-order valence-electron chi connectivity index (χ0n) is 14.0. The van der Waals surface area contributed by atoms with Crippen LogP contribution in [-0.4, -0.2) is 36.1 Å². The van der Waals surface area contributed by atoms with Crippen LogP contribution < -0.4 is 16.0 Å². The van der Waals surface area contributed by atoms with Crippen LogP contribution in [0.1, 0.15) is 32.7 Å². The van der Waals surface area contributed by atoms with Gasteiger partial charge >= 0.3 is 0 Å². The average Bonchev–Trinajstić information content (AvgIpc) is 3.05. The van der Waals surface area contributed by atoms with Gasteiger partial charge in [0.2, 0.25) is 0 Å². The summed E-state index contributed by atoms with van der Waals surface area (Å²) in [5.74, 6) is -0.791. The molecular weight excluding hydrogens is 318 g/mol. The Kier molecular flexibility index (Phi) is 4.61. The predicted molar refractivity (Wildman–Crippen MR) is 95.9 cm³/mol. The Morgan fingerprint density at radius 3 is 2.72 bits per heavy atom. The molecule has 130 valence electrons. The van der Waals surface area contributed by atoms with Crippen LogP contribution in [0.3, 0.4) is 0 Å². The van der Waals surface area contributed by atoms with Crippen molar-refractivity contribution in [2.24, 2.45) is 5.73 Å². The minimum absolute atomic E-state index is 0.0305. The van der Waals surface area contributed by atoms with Crippen LogP contribution in [0.4, 0.5) is 5.69 Å². The van der Waals surface area contributed by atoms with E-state index >= 15 is 0 Å². The fourth-order valence-electron chi connectivity index (χ4n) is 3.15. The van der Waals surface area contributed by atoms with Crippen molar-refractivity contribution in [3.63, 3.8) is 0 Å². The first kappa shape index (κ1) is 16.8. The lowest BCUT2D eigenvalue weighted by Gasteiger charge is -2.21. The molecule has 3 rings (SSSR count). The molecule has 1 fully saturated rings. The summed E-state index contributed by atoms with van der Waals surface area (Å²) >= 11 is 0. The molecule has 6 heteroatoms. The van der Waals surface area contributed by atoms with Crippen molar-refractivity contribution in [1.29, 1.82) is 0 Å². The molecule has 0 radical (unpaired) electrons. The lowest BCUT2D eigenvalue weighted by Crippen LogP contribution is -2.37. The van der Waals surface area contributed by atoms with Crippen molar-refractivity contribution in [2.75, 3.05) is 18.0 Å². The van der Waals surface area contributed by atoms with Gasteiger partial charge in [-0.05, 0) is 37.6 Å². The second-order valence-corrected chi connectivity index (χ2v) is 6.31. The topological polar surface area (TPSA) is 95.7 Å². The molecule has 2 amide bonds. The number of primary amides is 1. The second-order valence-electron chi connectivity index (χ2n) is 6.31. The quantitative estimate of drug-likeness (QED) is 0.791. The summed E-state index contributed by atoms with van der Waals surface area (Å²) in [5.41, 5.74) is 7.88. The third kappa shape index (κ3) is 3.57. The molecule has 1 aliphatic rings. The van der Waals surface area contributed by atoms with Crippen LogP contribution in [0.2, 0.25) is 0 Å². The lowest BCUT2D eigenvalue weighted by molar-refractivity contribution is 0.0936. The first-order valence-corrected chi connectivity index (χ1v) is 8.20. The lowest BCUT2D eigenvalue weighted by atomic mass is 10.1. The van der Waals surface area contributed by atoms with Crippen LogP contribution in [0, 0.1) is 6.92 Å². The molecule has 0 unspecified atom stereocenters. The molecule has 1 aliphatic heterocycles. The summed E-state index contributed by atoms with van der Waals surface area (Å²) < 4.78 is 0. The highest BCUT2D eigenvalue weighted by molar-refractivity contribution is 5.99. The summed E-state index contributed by atoms with van der Waals surface area (Å²) in [6.07, 6.45) is 0.755. The molecule has 0 spiro atoms. The van der Waals surface area contributed by atoms with E-state index in [2.05, 4.69) is 5.32 Å². The number of benzene rings is 2. The number of carbonyl (C=O) groups excluding carboxylic acids is 2. The Bertz CT molecular complexity index is 819. The van der Waals surface area contributed by atoms with E-state index in [0.29, 0.717) is 12.1 Å². The number of hydrogen-bond acceptors (Lipinski definition) is 4. The number of hydrogen-bond donors (Lipinski definition) is 3. The van der Waals surface area contributed by atoms with Crippen LogP contribution in [0.5, 0.6) is 5.75 Å². The number of rotatable bonds is 4. The smallest absolute Gasteiger partial charge is 0.255 e. The number of phenols is 1. The van der Waals surface area contributed by atoms with Gasteiger partial charge in [0.1, 0.15) is 5.75 Å². The molecule has 0 saturated carbocycles. The Balaban J connectivity index is 1.71. The van der Waals surface area contributed by atoms with Gasteiger partial charge in [-0.2, -0.15) is 0 Å². The number of anilines is 1. The molecule has 1 heterocycles. The number of nitrogens with zero attached hydrogens (tertiary/aromatic N) is 1. The van der Waals surface area contributed by atoms with Gasteiger partial charge in [-0.25, -0.2) is 0 Å². The first-order chi connectivity index (χ1) is 12.0. The Morgan fingerprint density at radius 2 is 1.96 bits per heavy atom. The fourth-order valence-corrected chi connectivity index (χ4v) is 3.15. The molecule has 6 nitrogen and oxygen atoms in total. The van der Waals surface area contributed by atoms with Crippen LogP contribution in [0.25, 0.3) is 0 Å². The molecule has 1 atom stereocenters. The number of carbonyl (C=O) groups is 2. The molecule has 0 aromatic heterocycles. The molecule has 25 heavy (non-hydrogen) atoms. The van der Waals surface area contributed by atoms with E-state index in [4.69, 9.17) is 5.73 Å². The standard InChI is InChI=1S/C19H21N3O3/c1-12-6-7-17(23)15(10-12)19(25)21-13-8-9-22(11-13)16-5-3-2-4-14(16)18(20)24/h2-7,10,13,23H,8-9,11H2,1H3,(H2,20,24)(H,21,25)/t13-/m0/s1. The normalized spacial score (nSPS) is 16.7. The van der Waals surface area contributed by atoms with E-state index < -0.39 is 5.91 Å². The summed E-state index contributed by atoms with van der Waals surface area (Å²) in [5, 5.41) is 12.8. The van der Waals surface area contributed by atoms with Crippen molar-refractivity contribution in [3.8, 4) is 5.75 Å². The van der Waals surface area contributed by atoms with E-state index in [1.165, 1.54) is 6.07 Å². The number of para-hydroxylation sites is 1. The first-order valence-electron chi connectivity index (χ1n) is 8.20. The summed E-state index contributed by atoms with van der Waals surface area (Å²) in [4.78, 5) is 26.1. The largest absolute Gasteiger partial charge is 0.507 e. The Hall–Kier alpha value is -3.02. The van der Waals surface area contributed by atoms with Crippen molar-refractivity contribution in [3.05, 3.63) is 59.2 Å². The van der Waals surface area contributed by atoms with Gasteiger partial charge in [0, 0.05) is 24.8 Å². The number of aromatic hydroxyl groups is 1. The summed E-state index contributed by atoms with van der Waals surface area (Å²) in [6, 6.07) is 12.1. The zero-order valence-corrected chi connectivity index (χ0v) is 14.0. The maximum atomic E-state index is 12.4. The zero-order chi connectivity index (χ0) is 18.0. The van der Waals surface area contributed by atoms with E-state index in [1.807, 2.05) is 24.0 Å². The predicted octanol–water partition coefficient (Wildman–Crippen LogP) is 1.81. The van der Waals surface area contributed by atoms with Crippen molar-refractivity contribution in [2.45, 2.75) is 19.4 Å². The number of amides is 2. The van der Waals surface area contributed by atoms with E-state index in [1.54, 1.807) is 24.3 Å². The minimum atomic E-state index is -0.465. The third-order valence-electron chi connectivity index (χ3n) is 4.43. The molecule has 0 bridgehead atoms. The van der Waals surface area contributed by atoms with E-state index in [9.17, 15) is 14.7 Å². The number of nitrogens with one attached hydrogen (secondary N) is 1. The molecule has 1 saturated heterocycles. The SMILES string of the molecule is Cc1ccc(O)c(C(=O)N[C@H]2CCN(c3ccccc3C(N)=O)C2)c1. The highest BCUT2D eigenvalue weighted by Crippen LogP contribution is 2.25. The number of nitrogens with two attached hydrogens (primary N) is 1. The minimum Gasteiger partial charge on any atom is -0.507 e. The highest BCUT2D eigenvalue weighted by atomic mass is 16.3. The summed E-state index contributed by atoms with van der Waals surface area (Å²) in [6.45, 7) is 3.17. The maximum absolute atomic E-state index is 12.4. The second kappa shape index (κ2) is 6.84. The van der Waals surface area contributed by atoms with Crippen molar-refractivity contribution < 1.29 is 14.7 Å². The molecule has 4 N–H and O–H groups in total. The van der Waals surface area contributed by atoms with Gasteiger partial charge < -0.3 is 21.1 Å². The molecular formula is C19H21N3O3. The maximum Gasteiger partial charge on any atom is 0.255 e. The monoisotopic (exact) mass is 339 g/mol. The summed E-state index contributed by atoms with van der Waals surface area (Å²) in [7, 11) is 0. The van der Waals surface area contributed by atoms with Crippen molar-refractivity contribution >= 4 is 17.5 Å². The highest BCUT2D eigenvalue weighted by Gasteiger charge is 2.27. The van der Waals surface area contributed by atoms with Gasteiger partial charge in [-0.3, -0.25) is 9.59 Å².